The summed E-state index contributed by atoms with van der Waals surface area (Å²) in [7, 11) is 0. The number of hydrogen-bond acceptors (Lipinski definition) is 4. The van der Waals surface area contributed by atoms with Gasteiger partial charge in [0.05, 0.1) is 12.2 Å². The lowest BCUT2D eigenvalue weighted by molar-refractivity contribution is -0.123. The summed E-state index contributed by atoms with van der Waals surface area (Å²) >= 11 is 3.33. The first-order valence-corrected chi connectivity index (χ1v) is 9.94. The van der Waals surface area contributed by atoms with E-state index in [-0.39, 0.29) is 6.61 Å². The number of rotatable bonds is 8. The standard InChI is InChI=1S/C21H25BrN2O4/c1-4-11-27-19-10-7-16(22)12-18(19)21(26)24-23-20(25)13-28-17-8-5-15(6-9-17)14(2)3/h5-10,12,14H,4,11,13H2,1-3H3,(H,23,25)(H,24,26). The van der Waals surface area contributed by atoms with Gasteiger partial charge in [-0.2, -0.15) is 0 Å². The number of ether oxygens (including phenoxy) is 2. The van der Waals surface area contributed by atoms with E-state index in [1.54, 1.807) is 18.2 Å². The normalized spacial score (nSPS) is 10.5. The Morgan fingerprint density at radius 3 is 2.39 bits per heavy atom. The van der Waals surface area contributed by atoms with E-state index < -0.39 is 11.8 Å². The zero-order chi connectivity index (χ0) is 20.5. The molecule has 0 bridgehead atoms. The number of hydrazine groups is 1. The lowest BCUT2D eigenvalue weighted by Crippen LogP contribution is -2.44. The van der Waals surface area contributed by atoms with Gasteiger partial charge in [-0.25, -0.2) is 0 Å². The van der Waals surface area contributed by atoms with Crippen molar-refractivity contribution in [3.8, 4) is 11.5 Å². The number of hydrogen-bond donors (Lipinski definition) is 2. The molecule has 0 aliphatic rings. The molecule has 0 fully saturated rings. The molecule has 0 aliphatic heterocycles. The predicted octanol–water partition coefficient (Wildman–Crippen LogP) is 4.20. The zero-order valence-corrected chi connectivity index (χ0v) is 17.8. The molecule has 28 heavy (non-hydrogen) atoms. The number of amides is 2. The Morgan fingerprint density at radius 1 is 1.04 bits per heavy atom. The van der Waals surface area contributed by atoms with Gasteiger partial charge in [0.15, 0.2) is 6.61 Å². The monoisotopic (exact) mass is 448 g/mol. The van der Waals surface area contributed by atoms with E-state index in [9.17, 15) is 9.59 Å². The molecule has 0 spiro atoms. The molecule has 2 N–H and O–H groups in total. The van der Waals surface area contributed by atoms with Gasteiger partial charge in [0, 0.05) is 4.47 Å². The quantitative estimate of drug-likeness (QED) is 0.593. The van der Waals surface area contributed by atoms with Crippen molar-refractivity contribution in [3.05, 3.63) is 58.1 Å². The van der Waals surface area contributed by atoms with Gasteiger partial charge in [0.25, 0.3) is 11.8 Å². The van der Waals surface area contributed by atoms with Gasteiger partial charge >= 0.3 is 0 Å². The molecule has 0 aliphatic carbocycles. The Labute approximate surface area is 173 Å². The Balaban J connectivity index is 1.87. The third-order valence-electron chi connectivity index (χ3n) is 3.88. The molecule has 6 nitrogen and oxygen atoms in total. The number of carbonyl (C=O) groups is 2. The maximum Gasteiger partial charge on any atom is 0.276 e. The van der Waals surface area contributed by atoms with Crippen LogP contribution in [0.4, 0.5) is 0 Å². The largest absolute Gasteiger partial charge is 0.493 e. The van der Waals surface area contributed by atoms with E-state index in [1.165, 1.54) is 5.56 Å². The van der Waals surface area contributed by atoms with Gasteiger partial charge in [-0.05, 0) is 48.2 Å². The SMILES string of the molecule is CCCOc1ccc(Br)cc1C(=O)NNC(=O)COc1ccc(C(C)C)cc1. The van der Waals surface area contributed by atoms with Crippen molar-refractivity contribution in [3.63, 3.8) is 0 Å². The van der Waals surface area contributed by atoms with E-state index in [2.05, 4.69) is 40.6 Å². The molecule has 2 aromatic carbocycles. The fourth-order valence-electron chi connectivity index (χ4n) is 2.35. The van der Waals surface area contributed by atoms with Gasteiger partial charge in [0.2, 0.25) is 0 Å². The molecule has 2 rings (SSSR count). The van der Waals surface area contributed by atoms with Gasteiger partial charge in [0.1, 0.15) is 11.5 Å². The Kier molecular flexibility index (Phi) is 8.32. The first kappa shape index (κ1) is 21.8. The molecule has 150 valence electrons. The first-order valence-electron chi connectivity index (χ1n) is 9.15. The Bertz CT molecular complexity index is 807. The molecule has 0 heterocycles. The van der Waals surface area contributed by atoms with Crippen LogP contribution in [0.5, 0.6) is 11.5 Å². The van der Waals surface area contributed by atoms with Gasteiger partial charge in [-0.15, -0.1) is 0 Å². The fraction of sp³-hybridized carbons (Fsp3) is 0.333. The second-order valence-electron chi connectivity index (χ2n) is 6.50. The van der Waals surface area contributed by atoms with Crippen molar-refractivity contribution in [1.82, 2.24) is 10.9 Å². The summed E-state index contributed by atoms with van der Waals surface area (Å²) in [5, 5.41) is 0. The summed E-state index contributed by atoms with van der Waals surface area (Å²) in [6.07, 6.45) is 0.823. The molecular weight excluding hydrogens is 424 g/mol. The van der Waals surface area contributed by atoms with E-state index in [4.69, 9.17) is 9.47 Å². The average molecular weight is 449 g/mol. The van der Waals surface area contributed by atoms with Crippen LogP contribution in [0.1, 0.15) is 49.0 Å². The van der Waals surface area contributed by atoms with Crippen LogP contribution in [0.2, 0.25) is 0 Å². The highest BCUT2D eigenvalue weighted by Gasteiger charge is 2.14. The number of halogens is 1. The second kappa shape index (κ2) is 10.7. The van der Waals surface area contributed by atoms with Gasteiger partial charge < -0.3 is 9.47 Å². The summed E-state index contributed by atoms with van der Waals surface area (Å²) in [6, 6.07) is 12.7. The van der Waals surface area contributed by atoms with E-state index in [0.29, 0.717) is 29.6 Å². The van der Waals surface area contributed by atoms with E-state index in [1.807, 2.05) is 31.2 Å². The molecule has 0 saturated heterocycles. The van der Waals surface area contributed by atoms with Crippen LogP contribution < -0.4 is 20.3 Å². The molecular formula is C21H25BrN2O4. The third-order valence-corrected chi connectivity index (χ3v) is 4.37. The molecule has 0 unspecified atom stereocenters. The van der Waals surface area contributed by atoms with Gasteiger partial charge in [-0.1, -0.05) is 48.8 Å². The number of carbonyl (C=O) groups excluding carboxylic acids is 2. The van der Waals surface area contributed by atoms with Crippen LogP contribution in [-0.4, -0.2) is 25.0 Å². The van der Waals surface area contributed by atoms with Crippen LogP contribution in [0.3, 0.4) is 0 Å². The molecule has 7 heteroatoms. The van der Waals surface area contributed by atoms with Crippen molar-refractivity contribution >= 4 is 27.7 Å². The molecule has 2 amide bonds. The van der Waals surface area contributed by atoms with Crippen LogP contribution in [0.25, 0.3) is 0 Å². The minimum Gasteiger partial charge on any atom is -0.493 e. The van der Waals surface area contributed by atoms with E-state index >= 15 is 0 Å². The molecule has 0 radical (unpaired) electrons. The van der Waals surface area contributed by atoms with Gasteiger partial charge in [-0.3, -0.25) is 20.4 Å². The molecule has 0 aromatic heterocycles. The summed E-state index contributed by atoms with van der Waals surface area (Å²) < 4.78 is 11.8. The summed E-state index contributed by atoms with van der Waals surface area (Å²) in [6.45, 7) is 6.48. The average Bonchev–Trinajstić information content (AvgIpc) is 2.69. The lowest BCUT2D eigenvalue weighted by atomic mass is 10.0. The van der Waals surface area contributed by atoms with Crippen molar-refractivity contribution < 1.29 is 19.1 Å². The van der Waals surface area contributed by atoms with Crippen LogP contribution in [0, 0.1) is 0 Å². The van der Waals surface area contributed by atoms with Crippen LogP contribution >= 0.6 is 15.9 Å². The highest BCUT2D eigenvalue weighted by molar-refractivity contribution is 9.10. The zero-order valence-electron chi connectivity index (χ0n) is 16.3. The topological polar surface area (TPSA) is 76.7 Å². The van der Waals surface area contributed by atoms with E-state index in [0.717, 1.165) is 10.9 Å². The fourth-order valence-corrected chi connectivity index (χ4v) is 2.71. The summed E-state index contributed by atoms with van der Waals surface area (Å²) in [4.78, 5) is 24.4. The third kappa shape index (κ3) is 6.56. The van der Waals surface area contributed by atoms with Crippen molar-refractivity contribution in [2.45, 2.75) is 33.1 Å². The molecule has 0 saturated carbocycles. The Hall–Kier alpha value is -2.54. The maximum absolute atomic E-state index is 12.4. The highest BCUT2D eigenvalue weighted by Crippen LogP contribution is 2.23. The van der Waals surface area contributed by atoms with Crippen LogP contribution in [0.15, 0.2) is 46.9 Å². The lowest BCUT2D eigenvalue weighted by Gasteiger charge is -2.13. The first-order chi connectivity index (χ1) is 13.4. The predicted molar refractivity (Wildman–Crippen MR) is 112 cm³/mol. The molecule has 0 atom stereocenters. The molecule has 2 aromatic rings. The van der Waals surface area contributed by atoms with Crippen molar-refractivity contribution in [2.75, 3.05) is 13.2 Å². The Morgan fingerprint density at radius 2 is 1.75 bits per heavy atom. The summed E-state index contributed by atoms with van der Waals surface area (Å²) in [5.41, 5.74) is 6.25. The minimum atomic E-state index is -0.470. The van der Waals surface area contributed by atoms with Crippen LogP contribution in [-0.2, 0) is 4.79 Å². The number of nitrogens with one attached hydrogen (secondary N) is 2. The number of benzene rings is 2. The van der Waals surface area contributed by atoms with Crippen molar-refractivity contribution in [2.24, 2.45) is 0 Å². The summed E-state index contributed by atoms with van der Waals surface area (Å²) in [5.74, 6) is 0.539. The second-order valence-corrected chi connectivity index (χ2v) is 7.42. The minimum absolute atomic E-state index is 0.209. The van der Waals surface area contributed by atoms with Crippen molar-refractivity contribution in [1.29, 1.82) is 0 Å². The maximum atomic E-state index is 12.4. The smallest absolute Gasteiger partial charge is 0.276 e. The highest BCUT2D eigenvalue weighted by atomic mass is 79.9.